The van der Waals surface area contributed by atoms with Crippen LogP contribution in [0, 0.1) is 12.8 Å². The number of carbonyl (C=O) groups excluding carboxylic acids is 1. The number of ether oxygens (including phenoxy) is 1. The van der Waals surface area contributed by atoms with Gasteiger partial charge in [0.25, 0.3) is 0 Å². The number of esters is 1. The topological polar surface area (TPSA) is 52.3 Å². The van der Waals surface area contributed by atoms with E-state index in [0.29, 0.717) is 5.75 Å². The van der Waals surface area contributed by atoms with Crippen molar-refractivity contribution in [1.82, 2.24) is 0 Å². The second kappa shape index (κ2) is 4.94. The summed E-state index contributed by atoms with van der Waals surface area (Å²) >= 11 is 0. The van der Waals surface area contributed by atoms with E-state index in [-0.39, 0.29) is 11.9 Å². The van der Waals surface area contributed by atoms with Gasteiger partial charge >= 0.3 is 5.97 Å². The van der Waals surface area contributed by atoms with E-state index in [9.17, 15) is 4.79 Å². The van der Waals surface area contributed by atoms with Gasteiger partial charge in [-0.1, -0.05) is 31.5 Å². The Morgan fingerprint density at radius 1 is 1.27 bits per heavy atom. The predicted octanol–water partition coefficient (Wildman–Crippen LogP) is 1.88. The summed E-state index contributed by atoms with van der Waals surface area (Å²) in [4.78, 5) is 11.5. The minimum absolute atomic E-state index is 0.0861. The summed E-state index contributed by atoms with van der Waals surface area (Å²) in [5.74, 6) is 0.249. The molecule has 82 valence electrons. The van der Waals surface area contributed by atoms with Gasteiger partial charge in [0.15, 0.2) is 0 Å². The van der Waals surface area contributed by atoms with Gasteiger partial charge in [0.2, 0.25) is 0 Å². The van der Waals surface area contributed by atoms with Crippen LogP contribution in [0.4, 0.5) is 0 Å². The number of aryl methyl sites for hydroxylation is 1. The molecule has 0 aliphatic rings. The zero-order chi connectivity index (χ0) is 11.4. The van der Waals surface area contributed by atoms with Crippen molar-refractivity contribution < 1.29 is 9.53 Å². The Bertz CT molecular complexity index is 330. The van der Waals surface area contributed by atoms with Gasteiger partial charge in [0.1, 0.15) is 11.8 Å². The van der Waals surface area contributed by atoms with E-state index in [1.165, 1.54) is 0 Å². The van der Waals surface area contributed by atoms with Crippen LogP contribution in [0.15, 0.2) is 24.3 Å². The largest absolute Gasteiger partial charge is 0.425 e. The smallest absolute Gasteiger partial charge is 0.328 e. The molecule has 15 heavy (non-hydrogen) atoms. The normalized spacial score (nSPS) is 12.6. The highest BCUT2D eigenvalue weighted by Crippen LogP contribution is 2.13. The summed E-state index contributed by atoms with van der Waals surface area (Å²) in [6.45, 7) is 5.76. The van der Waals surface area contributed by atoms with Crippen molar-refractivity contribution in [1.29, 1.82) is 0 Å². The van der Waals surface area contributed by atoms with E-state index in [2.05, 4.69) is 0 Å². The molecule has 0 aliphatic heterocycles. The van der Waals surface area contributed by atoms with Crippen molar-refractivity contribution in [2.24, 2.45) is 11.7 Å². The lowest BCUT2D eigenvalue weighted by molar-refractivity contribution is -0.136. The summed E-state index contributed by atoms with van der Waals surface area (Å²) < 4.78 is 5.13. The molecule has 3 nitrogen and oxygen atoms in total. The summed E-state index contributed by atoms with van der Waals surface area (Å²) in [5.41, 5.74) is 6.79. The van der Waals surface area contributed by atoms with E-state index < -0.39 is 6.04 Å². The highest BCUT2D eigenvalue weighted by atomic mass is 16.5. The fourth-order valence-electron chi connectivity index (χ4n) is 1.06. The van der Waals surface area contributed by atoms with Crippen molar-refractivity contribution in [2.75, 3.05) is 0 Å². The lowest BCUT2D eigenvalue weighted by Crippen LogP contribution is -2.38. The van der Waals surface area contributed by atoms with Crippen molar-refractivity contribution in [2.45, 2.75) is 26.8 Å². The molecular formula is C12H17NO2. The molecule has 3 heteroatoms. The van der Waals surface area contributed by atoms with Gasteiger partial charge in [-0.05, 0) is 25.0 Å². The van der Waals surface area contributed by atoms with Crippen LogP contribution in [0.3, 0.4) is 0 Å². The molecule has 1 aromatic rings. The third-order valence-corrected chi connectivity index (χ3v) is 2.23. The highest BCUT2D eigenvalue weighted by molar-refractivity contribution is 5.78. The Balaban J connectivity index is 2.62. The lowest BCUT2D eigenvalue weighted by atomic mass is 10.1. The van der Waals surface area contributed by atoms with E-state index in [0.717, 1.165) is 5.56 Å². The molecule has 1 rings (SSSR count). The zero-order valence-electron chi connectivity index (χ0n) is 9.36. The molecule has 0 bridgehead atoms. The number of rotatable bonds is 3. The van der Waals surface area contributed by atoms with Crippen molar-refractivity contribution in [3.8, 4) is 5.75 Å². The Morgan fingerprint density at radius 3 is 2.27 bits per heavy atom. The third-order valence-electron chi connectivity index (χ3n) is 2.23. The number of nitrogens with two attached hydrogens (primary N) is 1. The lowest BCUT2D eigenvalue weighted by Gasteiger charge is -2.14. The quantitative estimate of drug-likeness (QED) is 0.608. The van der Waals surface area contributed by atoms with Crippen LogP contribution in [0.2, 0.25) is 0 Å². The van der Waals surface area contributed by atoms with Gasteiger partial charge < -0.3 is 10.5 Å². The van der Waals surface area contributed by atoms with E-state index in [1.807, 2.05) is 32.9 Å². The third kappa shape index (κ3) is 3.36. The van der Waals surface area contributed by atoms with Gasteiger partial charge in [0.05, 0.1) is 0 Å². The van der Waals surface area contributed by atoms with Crippen molar-refractivity contribution >= 4 is 5.97 Å². The Hall–Kier alpha value is -1.35. The molecule has 0 spiro atoms. The molecule has 0 aromatic heterocycles. The second-order valence-electron chi connectivity index (χ2n) is 4.00. The molecule has 0 amide bonds. The van der Waals surface area contributed by atoms with Gasteiger partial charge in [0, 0.05) is 0 Å². The minimum Gasteiger partial charge on any atom is -0.425 e. The molecule has 0 unspecified atom stereocenters. The first-order chi connectivity index (χ1) is 7.00. The van der Waals surface area contributed by atoms with E-state index >= 15 is 0 Å². The molecule has 0 saturated carbocycles. The second-order valence-corrected chi connectivity index (χ2v) is 4.00. The Labute approximate surface area is 90.2 Å². The molecule has 1 aromatic carbocycles. The molecule has 0 aliphatic carbocycles. The van der Waals surface area contributed by atoms with Crippen LogP contribution in [0.1, 0.15) is 19.4 Å². The first kappa shape index (κ1) is 11.7. The average molecular weight is 207 g/mol. The fourth-order valence-corrected chi connectivity index (χ4v) is 1.06. The van der Waals surface area contributed by atoms with Gasteiger partial charge in [-0.3, -0.25) is 0 Å². The summed E-state index contributed by atoms with van der Waals surface area (Å²) in [6, 6.07) is 6.75. The molecule has 0 radical (unpaired) electrons. The number of benzene rings is 1. The van der Waals surface area contributed by atoms with Gasteiger partial charge in [-0.2, -0.15) is 0 Å². The Morgan fingerprint density at radius 2 is 1.80 bits per heavy atom. The van der Waals surface area contributed by atoms with Gasteiger partial charge in [-0.15, -0.1) is 0 Å². The Kier molecular flexibility index (Phi) is 3.86. The predicted molar refractivity (Wildman–Crippen MR) is 59.6 cm³/mol. The van der Waals surface area contributed by atoms with Crippen LogP contribution in [0.25, 0.3) is 0 Å². The fraction of sp³-hybridized carbons (Fsp3) is 0.417. The summed E-state index contributed by atoms with van der Waals surface area (Å²) in [6.07, 6.45) is 0. The van der Waals surface area contributed by atoms with Crippen molar-refractivity contribution in [3.63, 3.8) is 0 Å². The number of carbonyl (C=O) groups is 1. The monoisotopic (exact) mass is 207 g/mol. The molecular weight excluding hydrogens is 190 g/mol. The minimum atomic E-state index is -0.564. The van der Waals surface area contributed by atoms with E-state index in [1.54, 1.807) is 12.1 Å². The van der Waals surface area contributed by atoms with Crippen LogP contribution in [-0.4, -0.2) is 12.0 Å². The highest BCUT2D eigenvalue weighted by Gasteiger charge is 2.19. The molecule has 1 atom stereocenters. The van der Waals surface area contributed by atoms with E-state index in [4.69, 9.17) is 10.5 Å². The maximum absolute atomic E-state index is 11.5. The SMILES string of the molecule is Cc1ccc(OC(=O)[C@@H](N)C(C)C)cc1. The summed E-state index contributed by atoms with van der Waals surface area (Å²) in [7, 11) is 0. The molecule has 0 saturated heterocycles. The number of hydrogen-bond acceptors (Lipinski definition) is 3. The van der Waals surface area contributed by atoms with Crippen LogP contribution in [-0.2, 0) is 4.79 Å². The van der Waals surface area contributed by atoms with Crippen LogP contribution >= 0.6 is 0 Å². The standard InChI is InChI=1S/C12H17NO2/c1-8(2)11(13)12(14)15-10-6-4-9(3)5-7-10/h4-8,11H,13H2,1-3H3/t11-/m0/s1. The maximum Gasteiger partial charge on any atom is 0.328 e. The van der Waals surface area contributed by atoms with Crippen molar-refractivity contribution in [3.05, 3.63) is 29.8 Å². The maximum atomic E-state index is 11.5. The first-order valence-corrected chi connectivity index (χ1v) is 5.04. The average Bonchev–Trinajstić information content (AvgIpc) is 2.20. The molecule has 2 N–H and O–H groups in total. The number of hydrogen-bond donors (Lipinski definition) is 1. The van der Waals surface area contributed by atoms with Gasteiger partial charge in [-0.25, -0.2) is 4.79 Å². The van der Waals surface area contributed by atoms with Crippen LogP contribution < -0.4 is 10.5 Å². The molecule has 0 fully saturated rings. The zero-order valence-corrected chi connectivity index (χ0v) is 9.36. The summed E-state index contributed by atoms with van der Waals surface area (Å²) in [5, 5.41) is 0. The molecule has 0 heterocycles. The first-order valence-electron chi connectivity index (χ1n) is 5.04. The van der Waals surface area contributed by atoms with Crippen LogP contribution in [0.5, 0.6) is 5.75 Å².